The van der Waals surface area contributed by atoms with Gasteiger partial charge in [0.05, 0.1) is 26.8 Å². The number of nitrogens with one attached hydrogen (secondary N) is 1. The van der Waals surface area contributed by atoms with Crippen LogP contribution in [-0.4, -0.2) is 69.9 Å². The van der Waals surface area contributed by atoms with Gasteiger partial charge in [-0.3, -0.25) is 4.79 Å². The Bertz CT molecular complexity index is 1420. The SMILES string of the molecule is CN1CCN(CCCCC(=O)c2ccc3c(c2)nc(Nc2nc4ccc(C(F)(F)F)cc4s2)n3C)CC1. The molecule has 1 aliphatic rings. The third-order valence-electron chi connectivity index (χ3n) is 6.86. The number of alkyl halides is 3. The second-order valence-electron chi connectivity index (χ2n) is 9.55. The smallest absolute Gasteiger partial charge is 0.313 e. The summed E-state index contributed by atoms with van der Waals surface area (Å²) in [6.07, 6.45) is -2.04. The Kier molecular flexibility index (Phi) is 7.19. The van der Waals surface area contributed by atoms with Gasteiger partial charge in [0.25, 0.3) is 0 Å². The molecule has 0 saturated carbocycles. The number of halogens is 3. The van der Waals surface area contributed by atoms with Gasteiger partial charge in [0.2, 0.25) is 5.95 Å². The first kappa shape index (κ1) is 25.6. The van der Waals surface area contributed by atoms with Gasteiger partial charge in [-0.2, -0.15) is 13.2 Å². The van der Waals surface area contributed by atoms with E-state index in [0.717, 1.165) is 74.6 Å². The van der Waals surface area contributed by atoms with E-state index < -0.39 is 11.7 Å². The lowest BCUT2D eigenvalue weighted by Crippen LogP contribution is -2.44. The highest BCUT2D eigenvalue weighted by atomic mass is 32.1. The number of aryl methyl sites for hydroxylation is 1. The molecule has 0 bridgehead atoms. The molecule has 0 atom stereocenters. The van der Waals surface area contributed by atoms with E-state index in [9.17, 15) is 18.0 Å². The van der Waals surface area contributed by atoms with Crippen molar-refractivity contribution in [3.8, 4) is 0 Å². The third-order valence-corrected chi connectivity index (χ3v) is 7.79. The van der Waals surface area contributed by atoms with Gasteiger partial charge in [-0.15, -0.1) is 0 Å². The molecular formula is C26H29F3N6OS. The highest BCUT2D eigenvalue weighted by Gasteiger charge is 2.30. The number of likely N-dealkylation sites (N-methyl/N-ethyl adjacent to an activating group) is 1. The van der Waals surface area contributed by atoms with Gasteiger partial charge in [-0.25, -0.2) is 9.97 Å². The quantitative estimate of drug-likeness (QED) is 0.238. The first-order valence-corrected chi connectivity index (χ1v) is 13.1. The second kappa shape index (κ2) is 10.4. The third kappa shape index (κ3) is 5.78. The molecule has 7 nitrogen and oxygen atoms in total. The molecule has 0 amide bonds. The van der Waals surface area contributed by atoms with Crippen LogP contribution >= 0.6 is 11.3 Å². The fraction of sp³-hybridized carbons (Fsp3) is 0.423. The van der Waals surface area contributed by atoms with Crippen LogP contribution in [0.2, 0.25) is 0 Å². The summed E-state index contributed by atoms with van der Waals surface area (Å²) in [7, 11) is 3.98. The Balaban J connectivity index is 1.23. The molecule has 0 unspecified atom stereocenters. The maximum absolute atomic E-state index is 13.0. The largest absolute Gasteiger partial charge is 0.416 e. The molecule has 0 spiro atoms. The van der Waals surface area contributed by atoms with E-state index in [1.165, 1.54) is 6.07 Å². The molecule has 5 rings (SSSR count). The number of carbonyl (C=O) groups excluding carboxylic acids is 1. The van der Waals surface area contributed by atoms with Crippen LogP contribution in [0.25, 0.3) is 21.3 Å². The standard InChI is InChI=1S/C26H29F3N6OS/c1-33-11-13-35(14-12-33)10-4-3-5-22(36)17-6-9-21-20(15-17)30-24(34(21)2)32-25-31-19-8-7-18(26(27,28)29)16-23(19)37-25/h6-9,15-16H,3-5,10-14H2,1-2H3,(H,30,31,32). The van der Waals surface area contributed by atoms with Gasteiger partial charge in [-0.1, -0.05) is 11.3 Å². The Morgan fingerprint density at radius 2 is 1.78 bits per heavy atom. The summed E-state index contributed by atoms with van der Waals surface area (Å²) in [6, 6.07) is 9.02. The number of thiazole rings is 1. The van der Waals surface area contributed by atoms with Crippen molar-refractivity contribution in [2.45, 2.75) is 25.4 Å². The minimum Gasteiger partial charge on any atom is -0.313 e. The molecule has 2 aromatic carbocycles. The summed E-state index contributed by atoms with van der Waals surface area (Å²) in [5.74, 6) is 0.606. The first-order valence-electron chi connectivity index (χ1n) is 12.3. The van der Waals surface area contributed by atoms with Crippen LogP contribution in [0.5, 0.6) is 0 Å². The van der Waals surface area contributed by atoms with Crippen LogP contribution in [0.4, 0.5) is 24.3 Å². The number of aromatic nitrogens is 3. The van der Waals surface area contributed by atoms with Crippen molar-refractivity contribution < 1.29 is 18.0 Å². The Morgan fingerprint density at radius 1 is 1.00 bits per heavy atom. The number of Topliss-reactive ketones (excluding diaryl/α,β-unsaturated/α-hetero) is 1. The number of hydrogen-bond donors (Lipinski definition) is 1. The van der Waals surface area contributed by atoms with Crippen LogP contribution in [-0.2, 0) is 13.2 Å². The van der Waals surface area contributed by atoms with Crippen molar-refractivity contribution in [2.24, 2.45) is 7.05 Å². The molecule has 4 aromatic rings. The van der Waals surface area contributed by atoms with E-state index >= 15 is 0 Å². The number of carbonyl (C=O) groups is 1. The fourth-order valence-electron chi connectivity index (χ4n) is 4.57. The lowest BCUT2D eigenvalue weighted by atomic mass is 10.0. The van der Waals surface area contributed by atoms with Gasteiger partial charge in [0.1, 0.15) is 0 Å². The van der Waals surface area contributed by atoms with Gasteiger partial charge < -0.3 is 19.7 Å². The van der Waals surface area contributed by atoms with Crippen molar-refractivity contribution in [3.63, 3.8) is 0 Å². The van der Waals surface area contributed by atoms with Crippen LogP contribution < -0.4 is 5.32 Å². The Hall–Kier alpha value is -3.02. The number of anilines is 2. The summed E-state index contributed by atoms with van der Waals surface area (Å²) in [5.41, 5.74) is 1.94. The maximum Gasteiger partial charge on any atom is 0.416 e. The van der Waals surface area contributed by atoms with Gasteiger partial charge in [0, 0.05) is 45.2 Å². The average Bonchev–Trinajstić information content (AvgIpc) is 3.41. The fourth-order valence-corrected chi connectivity index (χ4v) is 5.47. The van der Waals surface area contributed by atoms with E-state index in [0.29, 0.717) is 38.8 Å². The summed E-state index contributed by atoms with van der Waals surface area (Å²) >= 11 is 1.14. The van der Waals surface area contributed by atoms with Crippen LogP contribution in [0.15, 0.2) is 36.4 Å². The maximum atomic E-state index is 13.0. The number of fused-ring (bicyclic) bond motifs is 2. The average molecular weight is 531 g/mol. The number of piperazine rings is 1. The molecule has 37 heavy (non-hydrogen) atoms. The van der Waals surface area contributed by atoms with E-state index in [1.54, 1.807) is 6.07 Å². The van der Waals surface area contributed by atoms with Gasteiger partial charge in [0.15, 0.2) is 10.9 Å². The van der Waals surface area contributed by atoms with Gasteiger partial charge >= 0.3 is 6.18 Å². The highest BCUT2D eigenvalue weighted by molar-refractivity contribution is 7.22. The summed E-state index contributed by atoms with van der Waals surface area (Å²) < 4.78 is 41.4. The summed E-state index contributed by atoms with van der Waals surface area (Å²) in [5, 5.41) is 3.57. The predicted molar refractivity (Wildman–Crippen MR) is 141 cm³/mol. The molecule has 196 valence electrons. The van der Waals surface area contributed by atoms with Crippen LogP contribution in [0, 0.1) is 0 Å². The topological polar surface area (TPSA) is 66.3 Å². The molecule has 1 fully saturated rings. The monoisotopic (exact) mass is 530 g/mol. The molecule has 0 aliphatic carbocycles. The number of rotatable bonds is 8. The number of hydrogen-bond acceptors (Lipinski definition) is 7. The predicted octanol–water partition coefficient (Wildman–Crippen LogP) is 5.55. The summed E-state index contributed by atoms with van der Waals surface area (Å²) in [6.45, 7) is 5.39. The first-order chi connectivity index (χ1) is 17.7. The zero-order valence-corrected chi connectivity index (χ0v) is 21.6. The number of benzene rings is 2. The lowest BCUT2D eigenvalue weighted by molar-refractivity contribution is -0.137. The molecule has 2 aromatic heterocycles. The molecule has 0 radical (unpaired) electrons. The normalized spacial score (nSPS) is 15.6. The lowest BCUT2D eigenvalue weighted by Gasteiger charge is -2.32. The zero-order valence-electron chi connectivity index (χ0n) is 20.8. The van der Waals surface area contributed by atoms with E-state index in [4.69, 9.17) is 0 Å². The Labute approximate surface area is 216 Å². The minimum absolute atomic E-state index is 0.104. The van der Waals surface area contributed by atoms with Crippen LogP contribution in [0.3, 0.4) is 0 Å². The minimum atomic E-state index is -4.40. The van der Waals surface area contributed by atoms with Crippen molar-refractivity contribution in [1.82, 2.24) is 24.3 Å². The molecule has 1 saturated heterocycles. The number of imidazole rings is 1. The molecular weight excluding hydrogens is 501 g/mol. The molecule has 1 N–H and O–H groups in total. The van der Waals surface area contributed by atoms with Crippen molar-refractivity contribution in [2.75, 3.05) is 45.1 Å². The highest BCUT2D eigenvalue weighted by Crippen LogP contribution is 2.35. The van der Waals surface area contributed by atoms with Crippen molar-refractivity contribution in [3.05, 3.63) is 47.5 Å². The Morgan fingerprint density at radius 3 is 2.54 bits per heavy atom. The second-order valence-corrected chi connectivity index (χ2v) is 10.6. The van der Waals surface area contributed by atoms with E-state index in [1.807, 2.05) is 23.7 Å². The van der Waals surface area contributed by atoms with E-state index in [2.05, 4.69) is 32.1 Å². The van der Waals surface area contributed by atoms with E-state index in [-0.39, 0.29) is 5.78 Å². The molecule has 1 aliphatic heterocycles. The number of ketones is 1. The number of unbranched alkanes of at least 4 members (excludes halogenated alkanes) is 1. The van der Waals surface area contributed by atoms with Crippen LogP contribution in [0.1, 0.15) is 35.2 Å². The molecule has 11 heteroatoms. The van der Waals surface area contributed by atoms with Gasteiger partial charge in [-0.05, 0) is 62.8 Å². The van der Waals surface area contributed by atoms with Crippen molar-refractivity contribution in [1.29, 1.82) is 0 Å². The zero-order chi connectivity index (χ0) is 26.2. The molecule has 3 heterocycles. The summed E-state index contributed by atoms with van der Waals surface area (Å²) in [4.78, 5) is 26.6. The van der Waals surface area contributed by atoms with Crippen molar-refractivity contribution >= 4 is 49.4 Å². The number of nitrogens with zero attached hydrogens (tertiary/aromatic N) is 5.